The van der Waals surface area contributed by atoms with E-state index < -0.39 is 0 Å². The Labute approximate surface area is 131 Å². The van der Waals surface area contributed by atoms with Crippen LogP contribution >= 0.6 is 0 Å². The molecule has 0 aliphatic carbocycles. The van der Waals surface area contributed by atoms with Crippen LogP contribution in [-0.2, 0) is 11.8 Å². The fourth-order valence-electron chi connectivity index (χ4n) is 2.35. The smallest absolute Gasteiger partial charge is 0.271 e. The van der Waals surface area contributed by atoms with Crippen LogP contribution in [0.3, 0.4) is 0 Å². The Kier molecular flexibility index (Phi) is 5.33. The van der Waals surface area contributed by atoms with E-state index in [-0.39, 0.29) is 5.91 Å². The van der Waals surface area contributed by atoms with Gasteiger partial charge in [-0.05, 0) is 38.0 Å². The number of amides is 1. The number of carbonyl (C=O) groups excluding carboxylic acids is 1. The molecule has 0 spiro atoms. The SMILES string of the molecule is COCCCNC(=O)c1cc(-c2cc(C)ccc2C)n(C)n1. The molecule has 0 atom stereocenters. The number of hydrogen-bond donors (Lipinski definition) is 1. The average molecular weight is 301 g/mol. The first kappa shape index (κ1) is 16.2. The summed E-state index contributed by atoms with van der Waals surface area (Å²) in [5.74, 6) is -0.150. The maximum absolute atomic E-state index is 12.1. The van der Waals surface area contributed by atoms with Gasteiger partial charge < -0.3 is 10.1 Å². The molecule has 22 heavy (non-hydrogen) atoms. The van der Waals surface area contributed by atoms with Gasteiger partial charge in [0.05, 0.1) is 5.69 Å². The third kappa shape index (κ3) is 3.74. The number of ether oxygens (including phenoxy) is 1. The van der Waals surface area contributed by atoms with Crippen LogP contribution in [0.15, 0.2) is 24.3 Å². The molecule has 2 aromatic rings. The average Bonchev–Trinajstić information content (AvgIpc) is 2.88. The molecule has 0 radical (unpaired) electrons. The third-order valence-electron chi connectivity index (χ3n) is 3.59. The first-order valence-electron chi connectivity index (χ1n) is 7.41. The molecule has 1 heterocycles. The van der Waals surface area contributed by atoms with E-state index in [0.717, 1.165) is 17.7 Å². The number of nitrogens with zero attached hydrogens (tertiary/aromatic N) is 2. The van der Waals surface area contributed by atoms with Gasteiger partial charge >= 0.3 is 0 Å². The van der Waals surface area contributed by atoms with E-state index in [1.165, 1.54) is 11.1 Å². The van der Waals surface area contributed by atoms with Crippen LogP contribution in [0.5, 0.6) is 0 Å². The molecule has 0 saturated carbocycles. The van der Waals surface area contributed by atoms with E-state index in [4.69, 9.17) is 4.74 Å². The van der Waals surface area contributed by atoms with Gasteiger partial charge in [0.15, 0.2) is 5.69 Å². The summed E-state index contributed by atoms with van der Waals surface area (Å²) in [5, 5.41) is 7.19. The second-order valence-corrected chi connectivity index (χ2v) is 5.46. The Hall–Kier alpha value is -2.14. The molecule has 0 unspecified atom stereocenters. The molecule has 1 aromatic carbocycles. The van der Waals surface area contributed by atoms with Crippen LogP contribution in [0.25, 0.3) is 11.3 Å². The maximum atomic E-state index is 12.1. The highest BCUT2D eigenvalue weighted by Gasteiger charge is 2.14. The molecular weight excluding hydrogens is 278 g/mol. The van der Waals surface area contributed by atoms with Gasteiger partial charge in [-0.25, -0.2) is 0 Å². The van der Waals surface area contributed by atoms with Gasteiger partial charge in [0.2, 0.25) is 0 Å². The number of aromatic nitrogens is 2. The van der Waals surface area contributed by atoms with Crippen LogP contribution in [0.2, 0.25) is 0 Å². The molecule has 1 amide bonds. The number of aryl methyl sites for hydroxylation is 3. The van der Waals surface area contributed by atoms with Crippen molar-refractivity contribution < 1.29 is 9.53 Å². The van der Waals surface area contributed by atoms with Crippen LogP contribution in [0, 0.1) is 13.8 Å². The monoisotopic (exact) mass is 301 g/mol. The van der Waals surface area contributed by atoms with E-state index in [2.05, 4.69) is 42.5 Å². The van der Waals surface area contributed by atoms with Crippen molar-refractivity contribution in [3.05, 3.63) is 41.1 Å². The summed E-state index contributed by atoms with van der Waals surface area (Å²) in [7, 11) is 3.51. The van der Waals surface area contributed by atoms with Crippen molar-refractivity contribution in [3.8, 4) is 11.3 Å². The topological polar surface area (TPSA) is 56.1 Å². The highest BCUT2D eigenvalue weighted by atomic mass is 16.5. The van der Waals surface area contributed by atoms with Crippen molar-refractivity contribution in [2.75, 3.05) is 20.3 Å². The van der Waals surface area contributed by atoms with Gasteiger partial charge in [-0.2, -0.15) is 5.10 Å². The molecule has 0 fully saturated rings. The van der Waals surface area contributed by atoms with Gasteiger partial charge in [-0.15, -0.1) is 0 Å². The molecule has 1 N–H and O–H groups in total. The summed E-state index contributed by atoms with van der Waals surface area (Å²) < 4.78 is 6.72. The van der Waals surface area contributed by atoms with Gasteiger partial charge in [-0.1, -0.05) is 17.7 Å². The van der Waals surface area contributed by atoms with E-state index in [0.29, 0.717) is 18.8 Å². The highest BCUT2D eigenvalue weighted by molar-refractivity contribution is 5.93. The predicted molar refractivity (Wildman–Crippen MR) is 86.9 cm³/mol. The van der Waals surface area contributed by atoms with Gasteiger partial charge in [-0.3, -0.25) is 9.48 Å². The predicted octanol–water partition coefficient (Wildman–Crippen LogP) is 2.47. The molecule has 2 rings (SSSR count). The third-order valence-corrected chi connectivity index (χ3v) is 3.59. The van der Waals surface area contributed by atoms with E-state index in [1.54, 1.807) is 11.8 Å². The lowest BCUT2D eigenvalue weighted by Gasteiger charge is -2.06. The lowest BCUT2D eigenvalue weighted by Crippen LogP contribution is -2.25. The van der Waals surface area contributed by atoms with Crippen molar-refractivity contribution in [1.82, 2.24) is 15.1 Å². The number of methoxy groups -OCH3 is 1. The largest absolute Gasteiger partial charge is 0.385 e. The number of rotatable bonds is 6. The molecule has 0 aliphatic rings. The minimum atomic E-state index is -0.150. The van der Waals surface area contributed by atoms with Crippen molar-refractivity contribution in [2.24, 2.45) is 7.05 Å². The number of nitrogens with one attached hydrogen (secondary N) is 1. The van der Waals surface area contributed by atoms with Crippen LogP contribution in [0.4, 0.5) is 0 Å². The standard InChI is InChI=1S/C17H23N3O2/c1-12-6-7-13(2)14(10-12)16-11-15(19-20(16)3)17(21)18-8-5-9-22-4/h6-7,10-11H,5,8-9H2,1-4H3,(H,18,21). The fourth-order valence-corrected chi connectivity index (χ4v) is 2.35. The Balaban J connectivity index is 2.17. The first-order chi connectivity index (χ1) is 10.5. The fraction of sp³-hybridized carbons (Fsp3) is 0.412. The van der Waals surface area contributed by atoms with Gasteiger partial charge in [0, 0.05) is 32.9 Å². The van der Waals surface area contributed by atoms with Crippen molar-refractivity contribution in [3.63, 3.8) is 0 Å². The molecule has 0 saturated heterocycles. The molecule has 5 nitrogen and oxygen atoms in total. The summed E-state index contributed by atoms with van der Waals surface area (Å²) >= 11 is 0. The summed E-state index contributed by atoms with van der Waals surface area (Å²) in [4.78, 5) is 12.1. The zero-order valence-corrected chi connectivity index (χ0v) is 13.6. The Morgan fingerprint density at radius 3 is 2.82 bits per heavy atom. The molecule has 0 aliphatic heterocycles. The van der Waals surface area contributed by atoms with E-state index in [1.807, 2.05) is 13.1 Å². The second-order valence-electron chi connectivity index (χ2n) is 5.46. The normalized spacial score (nSPS) is 10.7. The molecule has 1 aromatic heterocycles. The summed E-state index contributed by atoms with van der Waals surface area (Å²) in [6.07, 6.45) is 0.791. The molecule has 5 heteroatoms. The van der Waals surface area contributed by atoms with Crippen LogP contribution in [-0.4, -0.2) is 35.9 Å². The maximum Gasteiger partial charge on any atom is 0.271 e. The van der Waals surface area contributed by atoms with Crippen molar-refractivity contribution >= 4 is 5.91 Å². The molecular formula is C17H23N3O2. The lowest BCUT2D eigenvalue weighted by molar-refractivity contribution is 0.0943. The number of hydrogen-bond acceptors (Lipinski definition) is 3. The summed E-state index contributed by atoms with van der Waals surface area (Å²) in [6, 6.07) is 8.13. The van der Waals surface area contributed by atoms with Gasteiger partial charge in [0.25, 0.3) is 5.91 Å². The molecule has 118 valence electrons. The van der Waals surface area contributed by atoms with Crippen LogP contribution < -0.4 is 5.32 Å². The van der Waals surface area contributed by atoms with Crippen molar-refractivity contribution in [2.45, 2.75) is 20.3 Å². The minimum Gasteiger partial charge on any atom is -0.385 e. The molecule has 0 bridgehead atoms. The quantitative estimate of drug-likeness (QED) is 0.834. The zero-order chi connectivity index (χ0) is 16.1. The van der Waals surface area contributed by atoms with Crippen molar-refractivity contribution in [1.29, 1.82) is 0 Å². The van der Waals surface area contributed by atoms with Gasteiger partial charge in [0.1, 0.15) is 0 Å². The minimum absolute atomic E-state index is 0.150. The summed E-state index contributed by atoms with van der Waals surface area (Å²) in [5.41, 5.74) is 4.85. The lowest BCUT2D eigenvalue weighted by atomic mass is 10.0. The Bertz CT molecular complexity index is 662. The zero-order valence-electron chi connectivity index (χ0n) is 13.6. The Morgan fingerprint density at radius 1 is 1.32 bits per heavy atom. The highest BCUT2D eigenvalue weighted by Crippen LogP contribution is 2.24. The Morgan fingerprint density at radius 2 is 2.09 bits per heavy atom. The van der Waals surface area contributed by atoms with E-state index >= 15 is 0 Å². The number of benzene rings is 1. The second kappa shape index (κ2) is 7.22. The summed E-state index contributed by atoms with van der Waals surface area (Å²) in [6.45, 7) is 5.34. The number of carbonyl (C=O) groups is 1. The van der Waals surface area contributed by atoms with E-state index in [9.17, 15) is 4.79 Å². The van der Waals surface area contributed by atoms with Crippen LogP contribution in [0.1, 0.15) is 28.0 Å². The first-order valence-corrected chi connectivity index (χ1v) is 7.41.